The number of methoxy groups -OCH3 is 1. The lowest BCUT2D eigenvalue weighted by Crippen LogP contribution is -2.14. The van der Waals surface area contributed by atoms with Crippen LogP contribution >= 0.6 is 15.9 Å². The Morgan fingerprint density at radius 3 is 2.55 bits per heavy atom. The van der Waals surface area contributed by atoms with Gasteiger partial charge in [0.05, 0.1) is 12.7 Å². The highest BCUT2D eigenvalue weighted by molar-refractivity contribution is 9.10. The molecule has 1 amide bonds. The van der Waals surface area contributed by atoms with Gasteiger partial charge >= 0.3 is 0 Å². The molecule has 0 radical (unpaired) electrons. The van der Waals surface area contributed by atoms with E-state index in [2.05, 4.69) is 21.2 Å². The van der Waals surface area contributed by atoms with Gasteiger partial charge in [-0.3, -0.25) is 4.79 Å². The fourth-order valence-corrected chi connectivity index (χ4v) is 1.98. The SMILES string of the molecule is COc1ccc(NC(=O)c2cc(Br)ccc2F)cc1F. The number of nitrogens with one attached hydrogen (secondary N) is 1. The van der Waals surface area contributed by atoms with Crippen LogP contribution in [0.4, 0.5) is 14.5 Å². The lowest BCUT2D eigenvalue weighted by Gasteiger charge is -2.08. The Morgan fingerprint density at radius 2 is 1.90 bits per heavy atom. The van der Waals surface area contributed by atoms with Crippen LogP contribution in [-0.4, -0.2) is 13.0 Å². The highest BCUT2D eigenvalue weighted by atomic mass is 79.9. The first-order valence-corrected chi connectivity index (χ1v) is 6.40. The minimum atomic E-state index is -0.659. The molecular weight excluding hydrogens is 332 g/mol. The Morgan fingerprint density at radius 1 is 1.15 bits per heavy atom. The fourth-order valence-electron chi connectivity index (χ4n) is 1.61. The third kappa shape index (κ3) is 3.14. The van der Waals surface area contributed by atoms with E-state index in [0.717, 1.165) is 6.07 Å². The molecule has 3 nitrogen and oxygen atoms in total. The summed E-state index contributed by atoms with van der Waals surface area (Å²) in [6, 6.07) is 7.96. The Balaban J connectivity index is 2.23. The molecule has 0 saturated heterocycles. The average Bonchev–Trinajstić information content (AvgIpc) is 2.41. The summed E-state index contributed by atoms with van der Waals surface area (Å²) in [6.07, 6.45) is 0. The summed E-state index contributed by atoms with van der Waals surface area (Å²) >= 11 is 3.16. The van der Waals surface area contributed by atoms with Crippen molar-refractivity contribution in [1.29, 1.82) is 0 Å². The summed E-state index contributed by atoms with van der Waals surface area (Å²) in [5.41, 5.74) is 0.0864. The van der Waals surface area contributed by atoms with Crippen LogP contribution in [0, 0.1) is 11.6 Å². The van der Waals surface area contributed by atoms with E-state index in [1.54, 1.807) is 0 Å². The normalized spacial score (nSPS) is 10.2. The topological polar surface area (TPSA) is 38.3 Å². The van der Waals surface area contributed by atoms with E-state index in [0.29, 0.717) is 4.47 Å². The minimum absolute atomic E-state index is 0.0663. The van der Waals surface area contributed by atoms with Crippen LogP contribution in [0.25, 0.3) is 0 Å². The van der Waals surface area contributed by atoms with Crippen molar-refractivity contribution in [2.24, 2.45) is 0 Å². The van der Waals surface area contributed by atoms with E-state index < -0.39 is 17.5 Å². The number of benzene rings is 2. The van der Waals surface area contributed by atoms with Crippen LogP contribution in [0.2, 0.25) is 0 Å². The highest BCUT2D eigenvalue weighted by Gasteiger charge is 2.13. The van der Waals surface area contributed by atoms with Crippen LogP contribution in [0.1, 0.15) is 10.4 Å². The number of anilines is 1. The highest BCUT2D eigenvalue weighted by Crippen LogP contribution is 2.22. The van der Waals surface area contributed by atoms with Gasteiger partial charge in [0.2, 0.25) is 0 Å². The Hall–Kier alpha value is -1.95. The minimum Gasteiger partial charge on any atom is -0.494 e. The van der Waals surface area contributed by atoms with Gasteiger partial charge in [-0.1, -0.05) is 15.9 Å². The first-order chi connectivity index (χ1) is 9.51. The molecule has 0 aromatic heterocycles. The van der Waals surface area contributed by atoms with Crippen molar-refractivity contribution >= 4 is 27.5 Å². The number of hydrogen-bond donors (Lipinski definition) is 1. The smallest absolute Gasteiger partial charge is 0.258 e. The maximum Gasteiger partial charge on any atom is 0.258 e. The molecule has 0 saturated carbocycles. The van der Waals surface area contributed by atoms with E-state index in [4.69, 9.17) is 4.74 Å². The molecule has 0 atom stereocenters. The zero-order chi connectivity index (χ0) is 14.7. The summed E-state index contributed by atoms with van der Waals surface area (Å²) < 4.78 is 32.4. The predicted molar refractivity (Wildman–Crippen MR) is 75.0 cm³/mol. The van der Waals surface area contributed by atoms with E-state index in [-0.39, 0.29) is 17.0 Å². The molecule has 0 bridgehead atoms. The van der Waals surface area contributed by atoms with Crippen LogP contribution in [-0.2, 0) is 0 Å². The molecule has 0 aliphatic heterocycles. The van der Waals surface area contributed by atoms with Crippen LogP contribution < -0.4 is 10.1 Å². The zero-order valence-corrected chi connectivity index (χ0v) is 12.0. The quantitative estimate of drug-likeness (QED) is 0.916. The van der Waals surface area contributed by atoms with Crippen molar-refractivity contribution in [1.82, 2.24) is 0 Å². The van der Waals surface area contributed by atoms with E-state index in [9.17, 15) is 13.6 Å². The van der Waals surface area contributed by atoms with Crippen molar-refractivity contribution in [2.75, 3.05) is 12.4 Å². The first kappa shape index (κ1) is 14.5. The number of carbonyl (C=O) groups is 1. The van der Waals surface area contributed by atoms with Crippen LogP contribution in [0.5, 0.6) is 5.75 Å². The molecule has 0 aliphatic carbocycles. The van der Waals surface area contributed by atoms with E-state index >= 15 is 0 Å². The summed E-state index contributed by atoms with van der Waals surface area (Å²) in [5, 5.41) is 2.42. The van der Waals surface area contributed by atoms with Crippen molar-refractivity contribution < 1.29 is 18.3 Å². The largest absolute Gasteiger partial charge is 0.494 e. The van der Waals surface area contributed by atoms with Gasteiger partial charge in [-0.15, -0.1) is 0 Å². The number of halogens is 3. The number of hydrogen-bond acceptors (Lipinski definition) is 2. The molecule has 0 spiro atoms. The third-order valence-electron chi connectivity index (χ3n) is 2.58. The van der Waals surface area contributed by atoms with Gasteiger partial charge in [0, 0.05) is 16.2 Å². The molecule has 2 rings (SSSR count). The van der Waals surface area contributed by atoms with Crippen molar-refractivity contribution in [3.63, 3.8) is 0 Å². The van der Waals surface area contributed by atoms with Crippen LogP contribution in [0.3, 0.4) is 0 Å². The molecule has 0 unspecified atom stereocenters. The summed E-state index contributed by atoms with van der Waals surface area (Å²) in [6.45, 7) is 0. The second kappa shape index (κ2) is 6.00. The molecule has 20 heavy (non-hydrogen) atoms. The molecule has 0 fully saturated rings. The molecule has 6 heteroatoms. The molecule has 104 valence electrons. The second-order valence-electron chi connectivity index (χ2n) is 3.93. The molecule has 1 N–H and O–H groups in total. The van der Waals surface area contributed by atoms with Gasteiger partial charge < -0.3 is 10.1 Å². The maximum absolute atomic E-state index is 13.5. The van der Waals surface area contributed by atoms with Gasteiger partial charge in [0.25, 0.3) is 5.91 Å². The molecule has 0 heterocycles. The molecular formula is C14H10BrF2NO2. The number of carbonyl (C=O) groups excluding carboxylic acids is 1. The predicted octanol–water partition coefficient (Wildman–Crippen LogP) is 3.99. The Kier molecular flexibility index (Phi) is 4.34. The van der Waals surface area contributed by atoms with Crippen molar-refractivity contribution in [3.8, 4) is 5.75 Å². The number of amides is 1. The second-order valence-corrected chi connectivity index (χ2v) is 4.84. The number of ether oxygens (including phenoxy) is 1. The summed E-state index contributed by atoms with van der Waals surface area (Å²) in [4.78, 5) is 11.9. The van der Waals surface area contributed by atoms with Gasteiger partial charge in [-0.05, 0) is 30.3 Å². The zero-order valence-electron chi connectivity index (χ0n) is 10.4. The Bertz CT molecular complexity index is 662. The third-order valence-corrected chi connectivity index (χ3v) is 3.08. The summed E-state index contributed by atoms with van der Waals surface area (Å²) in [7, 11) is 1.34. The maximum atomic E-state index is 13.5. The van der Waals surface area contributed by atoms with Crippen molar-refractivity contribution in [2.45, 2.75) is 0 Å². The van der Waals surface area contributed by atoms with Crippen molar-refractivity contribution in [3.05, 3.63) is 58.1 Å². The lowest BCUT2D eigenvalue weighted by atomic mass is 10.2. The standard InChI is InChI=1S/C14H10BrF2NO2/c1-20-13-5-3-9(7-12(13)17)18-14(19)10-6-8(15)2-4-11(10)16/h2-7H,1H3,(H,18,19). The molecule has 0 aliphatic rings. The van der Waals surface area contributed by atoms with E-state index in [1.165, 1.54) is 37.4 Å². The van der Waals surface area contributed by atoms with E-state index in [1.807, 2.05) is 0 Å². The number of rotatable bonds is 3. The van der Waals surface area contributed by atoms with Crippen LogP contribution in [0.15, 0.2) is 40.9 Å². The van der Waals surface area contributed by atoms with Gasteiger partial charge in [0.1, 0.15) is 5.82 Å². The van der Waals surface area contributed by atoms with Gasteiger partial charge in [0.15, 0.2) is 11.6 Å². The van der Waals surface area contributed by atoms with Gasteiger partial charge in [-0.25, -0.2) is 8.78 Å². The average molecular weight is 342 g/mol. The molecule has 2 aromatic rings. The van der Waals surface area contributed by atoms with Gasteiger partial charge in [-0.2, -0.15) is 0 Å². The Labute approximate surface area is 122 Å². The summed E-state index contributed by atoms with van der Waals surface area (Å²) in [5.74, 6) is -1.86. The fraction of sp³-hybridized carbons (Fsp3) is 0.0714. The molecule has 2 aromatic carbocycles. The lowest BCUT2D eigenvalue weighted by molar-refractivity contribution is 0.102. The first-order valence-electron chi connectivity index (χ1n) is 5.61. The monoisotopic (exact) mass is 341 g/mol.